The molecule has 0 unspecified atom stereocenters. The first-order valence-corrected chi connectivity index (χ1v) is 15.0. The lowest BCUT2D eigenvalue weighted by molar-refractivity contribution is -0.119. The molecule has 0 aliphatic carbocycles. The van der Waals surface area contributed by atoms with Gasteiger partial charge in [-0.1, -0.05) is 78.3 Å². The number of benzene rings is 5. The quantitative estimate of drug-likeness (QED) is 0.143. The van der Waals surface area contributed by atoms with E-state index in [1.165, 1.54) is 18.3 Å². The molecule has 0 saturated heterocycles. The van der Waals surface area contributed by atoms with Crippen LogP contribution in [-0.2, 0) is 21.4 Å². The van der Waals surface area contributed by atoms with E-state index in [2.05, 4.69) is 28.7 Å². The first-order chi connectivity index (χ1) is 20.3. The maximum Gasteiger partial charge on any atom is 0.264 e. The first kappa shape index (κ1) is 28.9. The van der Waals surface area contributed by atoms with Gasteiger partial charge in [0.05, 0.1) is 16.8 Å². The number of halogens is 1. The number of rotatable bonds is 10. The van der Waals surface area contributed by atoms with Crippen molar-refractivity contribution in [2.24, 2.45) is 5.10 Å². The normalized spacial score (nSPS) is 11.5. The molecule has 0 fully saturated rings. The fourth-order valence-electron chi connectivity index (χ4n) is 4.46. The Hall–Kier alpha value is -4.66. The molecular weight excluding hydrogens is 570 g/mol. The molecule has 0 spiro atoms. The van der Waals surface area contributed by atoms with Crippen molar-refractivity contribution in [3.63, 3.8) is 0 Å². The first-order valence-electron chi connectivity index (χ1n) is 13.2. The molecule has 0 aliphatic rings. The summed E-state index contributed by atoms with van der Waals surface area (Å²) in [4.78, 5) is 12.9. The van der Waals surface area contributed by atoms with Crippen LogP contribution in [0.4, 0.5) is 5.69 Å². The molecule has 0 bridgehead atoms. The summed E-state index contributed by atoms with van der Waals surface area (Å²) in [6.45, 7) is 1.65. The van der Waals surface area contributed by atoms with Crippen LogP contribution in [0.2, 0.25) is 5.02 Å². The van der Waals surface area contributed by atoms with Crippen molar-refractivity contribution in [3.05, 3.63) is 137 Å². The van der Waals surface area contributed by atoms with Crippen LogP contribution in [0.15, 0.2) is 125 Å². The number of nitrogens with one attached hydrogen (secondary N) is 1. The van der Waals surface area contributed by atoms with Crippen molar-refractivity contribution >= 4 is 50.2 Å². The highest BCUT2D eigenvalue weighted by atomic mass is 35.5. The van der Waals surface area contributed by atoms with E-state index in [1.54, 1.807) is 43.3 Å². The minimum absolute atomic E-state index is 0.0587. The molecule has 42 heavy (non-hydrogen) atoms. The predicted octanol–water partition coefficient (Wildman–Crippen LogP) is 6.73. The zero-order valence-corrected chi connectivity index (χ0v) is 24.3. The molecule has 0 radical (unpaired) electrons. The molecule has 9 heteroatoms. The van der Waals surface area contributed by atoms with Crippen LogP contribution in [0.5, 0.6) is 5.75 Å². The molecule has 0 aliphatic heterocycles. The topological polar surface area (TPSA) is 88.1 Å². The number of ether oxygens (including phenoxy) is 1. The Morgan fingerprint density at radius 1 is 0.881 bits per heavy atom. The molecule has 0 heterocycles. The number of nitrogens with zero attached hydrogens (tertiary/aromatic N) is 2. The molecule has 1 N–H and O–H groups in total. The SMILES string of the molecule is Cc1c(Cl)cccc1N(CC(=O)N/N=C/c1ccc(OCc2cccc3ccccc23)cc1)S(=O)(=O)c1ccccc1. The van der Waals surface area contributed by atoms with Crippen molar-refractivity contribution in [3.8, 4) is 5.75 Å². The summed E-state index contributed by atoms with van der Waals surface area (Å²) in [6, 6.07) is 34.4. The molecular formula is C33H28ClN3O4S. The number of hydrazone groups is 1. The summed E-state index contributed by atoms with van der Waals surface area (Å²) >= 11 is 6.27. The number of fused-ring (bicyclic) bond motifs is 1. The third-order valence-corrected chi connectivity index (χ3v) is 8.87. The molecule has 0 atom stereocenters. The third kappa shape index (κ3) is 6.62. The van der Waals surface area contributed by atoms with Crippen LogP contribution in [0.25, 0.3) is 10.8 Å². The lowest BCUT2D eigenvalue weighted by Gasteiger charge is -2.25. The number of anilines is 1. The van der Waals surface area contributed by atoms with Gasteiger partial charge in [-0.05, 0) is 82.9 Å². The molecule has 5 aromatic rings. The van der Waals surface area contributed by atoms with Crippen LogP contribution in [0.1, 0.15) is 16.7 Å². The van der Waals surface area contributed by atoms with E-state index in [9.17, 15) is 13.2 Å². The Morgan fingerprint density at radius 2 is 1.57 bits per heavy atom. The summed E-state index contributed by atoms with van der Waals surface area (Å²) < 4.78 is 34.1. The maximum atomic E-state index is 13.5. The van der Waals surface area contributed by atoms with Gasteiger partial charge in [-0.3, -0.25) is 9.10 Å². The lowest BCUT2D eigenvalue weighted by atomic mass is 10.1. The number of carbonyl (C=O) groups excluding carboxylic acids is 1. The molecule has 5 aromatic carbocycles. The van der Waals surface area contributed by atoms with Gasteiger partial charge < -0.3 is 4.74 Å². The van der Waals surface area contributed by atoms with Crippen LogP contribution in [0, 0.1) is 6.92 Å². The molecule has 7 nitrogen and oxygen atoms in total. The van der Waals surface area contributed by atoms with E-state index in [-0.39, 0.29) is 4.90 Å². The summed E-state index contributed by atoms with van der Waals surface area (Å²) in [5.41, 5.74) is 5.10. The largest absolute Gasteiger partial charge is 0.489 e. The lowest BCUT2D eigenvalue weighted by Crippen LogP contribution is -2.40. The molecule has 212 valence electrons. The van der Waals surface area contributed by atoms with E-state index >= 15 is 0 Å². The van der Waals surface area contributed by atoms with Gasteiger partial charge in [0.1, 0.15) is 18.9 Å². The minimum Gasteiger partial charge on any atom is -0.489 e. The van der Waals surface area contributed by atoms with Gasteiger partial charge in [-0.2, -0.15) is 5.10 Å². The summed E-state index contributed by atoms with van der Waals surface area (Å²) in [7, 11) is -4.06. The van der Waals surface area contributed by atoms with Crippen molar-refractivity contribution in [2.75, 3.05) is 10.8 Å². The third-order valence-electron chi connectivity index (χ3n) is 6.68. The van der Waals surface area contributed by atoms with E-state index in [0.717, 1.165) is 26.2 Å². The maximum absolute atomic E-state index is 13.5. The van der Waals surface area contributed by atoms with Gasteiger partial charge in [-0.25, -0.2) is 13.8 Å². The fraction of sp³-hybridized carbons (Fsp3) is 0.0909. The summed E-state index contributed by atoms with van der Waals surface area (Å²) in [5, 5.41) is 6.74. The van der Waals surface area contributed by atoms with Crippen molar-refractivity contribution in [1.29, 1.82) is 0 Å². The van der Waals surface area contributed by atoms with E-state index < -0.39 is 22.5 Å². The molecule has 0 saturated carbocycles. The zero-order valence-electron chi connectivity index (χ0n) is 22.8. The Kier molecular flexibility index (Phi) is 8.85. The van der Waals surface area contributed by atoms with Gasteiger partial charge in [0.2, 0.25) is 0 Å². The Morgan fingerprint density at radius 3 is 2.36 bits per heavy atom. The van der Waals surface area contributed by atoms with Gasteiger partial charge in [0, 0.05) is 5.02 Å². The molecule has 1 amide bonds. The number of carbonyl (C=O) groups is 1. The standard InChI is InChI=1S/C33H28ClN3O4S/c1-24-31(34)15-8-16-32(24)37(42(39,40)29-12-3-2-4-13-29)22-33(38)36-35-21-25-17-19-28(20-18-25)41-23-27-11-7-10-26-9-5-6-14-30(26)27/h2-21H,22-23H2,1H3,(H,36,38)/b35-21+. The number of amides is 1. The number of hydrogen-bond acceptors (Lipinski definition) is 5. The fourth-order valence-corrected chi connectivity index (χ4v) is 6.13. The van der Waals surface area contributed by atoms with Crippen molar-refractivity contribution in [1.82, 2.24) is 5.43 Å². The van der Waals surface area contributed by atoms with E-state index in [1.807, 2.05) is 48.5 Å². The molecule has 5 rings (SSSR count). The Bertz CT molecular complexity index is 1840. The second-order valence-corrected chi connectivity index (χ2v) is 11.8. The minimum atomic E-state index is -4.06. The van der Waals surface area contributed by atoms with E-state index in [0.29, 0.717) is 28.6 Å². The van der Waals surface area contributed by atoms with Gasteiger partial charge >= 0.3 is 0 Å². The predicted molar refractivity (Wildman–Crippen MR) is 168 cm³/mol. The summed E-state index contributed by atoms with van der Waals surface area (Å²) in [5.74, 6) is 0.0861. The average Bonchev–Trinajstić information content (AvgIpc) is 3.01. The van der Waals surface area contributed by atoms with Crippen molar-refractivity contribution in [2.45, 2.75) is 18.4 Å². The highest BCUT2D eigenvalue weighted by Crippen LogP contribution is 2.30. The van der Waals surface area contributed by atoms with E-state index in [4.69, 9.17) is 16.3 Å². The van der Waals surface area contributed by atoms with Crippen LogP contribution >= 0.6 is 11.6 Å². The average molecular weight is 598 g/mol. The highest BCUT2D eigenvalue weighted by molar-refractivity contribution is 7.92. The number of hydrogen-bond donors (Lipinski definition) is 1. The summed E-state index contributed by atoms with van der Waals surface area (Å²) in [6.07, 6.45) is 1.48. The Balaban J connectivity index is 1.24. The van der Waals surface area contributed by atoms with Crippen LogP contribution in [-0.4, -0.2) is 27.1 Å². The zero-order chi connectivity index (χ0) is 29.5. The number of sulfonamides is 1. The molecule has 0 aromatic heterocycles. The van der Waals surface area contributed by atoms with Crippen LogP contribution in [0.3, 0.4) is 0 Å². The second-order valence-electron chi connectivity index (χ2n) is 9.50. The monoisotopic (exact) mass is 597 g/mol. The highest BCUT2D eigenvalue weighted by Gasteiger charge is 2.28. The van der Waals surface area contributed by atoms with Crippen LogP contribution < -0.4 is 14.5 Å². The smallest absolute Gasteiger partial charge is 0.264 e. The van der Waals surface area contributed by atoms with Crippen molar-refractivity contribution < 1.29 is 17.9 Å². The van der Waals surface area contributed by atoms with Gasteiger partial charge in [0.15, 0.2) is 0 Å². The second kappa shape index (κ2) is 12.9. The van der Waals surface area contributed by atoms with Gasteiger partial charge in [-0.15, -0.1) is 0 Å². The van der Waals surface area contributed by atoms with Gasteiger partial charge in [0.25, 0.3) is 15.9 Å². The Labute approximate surface area is 250 Å².